The monoisotopic (exact) mass is 172 g/mol. The van der Waals surface area contributed by atoms with Gasteiger partial charge in [-0.3, -0.25) is 5.32 Å². The average Bonchev–Trinajstić information content (AvgIpc) is 2.22. The maximum Gasteiger partial charge on any atom is 0.211 e. The van der Waals surface area contributed by atoms with Gasteiger partial charge in [0.25, 0.3) is 0 Å². The molecule has 5 heteroatoms. The lowest BCUT2D eigenvalue weighted by Crippen LogP contribution is -2.51. The number of fused-ring (bicyclic) bond motifs is 1. The molecule has 4 nitrogen and oxygen atoms in total. The molecule has 1 fully saturated rings. The molecule has 0 aromatic rings. The molecule has 0 bridgehead atoms. The van der Waals surface area contributed by atoms with Crippen molar-refractivity contribution in [1.29, 1.82) is 0 Å². The van der Waals surface area contributed by atoms with E-state index in [2.05, 4.69) is 20.9 Å². The van der Waals surface area contributed by atoms with Gasteiger partial charge in [0, 0.05) is 0 Å². The molecule has 2 aliphatic heterocycles. The summed E-state index contributed by atoms with van der Waals surface area (Å²) in [5, 5.41) is 8.51. The maximum atomic E-state index is 6.12. The molecule has 0 radical (unpaired) electrons. The lowest BCUT2D eigenvalue weighted by Gasteiger charge is -2.23. The Balaban J connectivity index is 2.30. The van der Waals surface area contributed by atoms with E-state index in [9.17, 15) is 0 Å². The molecule has 0 amide bonds. The summed E-state index contributed by atoms with van der Waals surface area (Å²) in [5.41, 5.74) is 0.870. The summed E-state index contributed by atoms with van der Waals surface area (Å²) in [5.74, 6) is 0. The quantitative estimate of drug-likeness (QED) is 0.353. The Hall–Kier alpha value is -0.740. The summed E-state index contributed by atoms with van der Waals surface area (Å²) >= 11 is 6.12. The third-order valence-corrected chi connectivity index (χ3v) is 2.12. The zero-order valence-electron chi connectivity index (χ0n) is 6.06. The SMILES string of the molecule is C[C@@H]1NC2=CN=CNC2(Cl)N1. The van der Waals surface area contributed by atoms with Crippen molar-refractivity contribution >= 4 is 17.9 Å². The van der Waals surface area contributed by atoms with Gasteiger partial charge in [-0.05, 0) is 6.92 Å². The van der Waals surface area contributed by atoms with Gasteiger partial charge >= 0.3 is 0 Å². The Morgan fingerprint density at radius 1 is 1.73 bits per heavy atom. The summed E-state index contributed by atoms with van der Waals surface area (Å²) < 4.78 is 0. The lowest BCUT2D eigenvalue weighted by atomic mass is 10.3. The van der Waals surface area contributed by atoms with E-state index < -0.39 is 5.12 Å². The van der Waals surface area contributed by atoms with Gasteiger partial charge in [-0.15, -0.1) is 0 Å². The fourth-order valence-corrected chi connectivity index (χ4v) is 1.54. The first-order valence-corrected chi connectivity index (χ1v) is 3.82. The van der Waals surface area contributed by atoms with Crippen LogP contribution < -0.4 is 16.0 Å². The molecule has 0 saturated carbocycles. The third-order valence-electron chi connectivity index (χ3n) is 1.70. The van der Waals surface area contributed by atoms with Gasteiger partial charge < -0.3 is 10.6 Å². The van der Waals surface area contributed by atoms with E-state index in [4.69, 9.17) is 11.6 Å². The Morgan fingerprint density at radius 2 is 2.55 bits per heavy atom. The van der Waals surface area contributed by atoms with Gasteiger partial charge in [0.15, 0.2) is 0 Å². The topological polar surface area (TPSA) is 48.5 Å². The first-order valence-electron chi connectivity index (χ1n) is 3.44. The van der Waals surface area contributed by atoms with Crippen LogP contribution >= 0.6 is 11.6 Å². The zero-order valence-corrected chi connectivity index (χ0v) is 6.81. The zero-order chi connectivity index (χ0) is 7.90. The molecule has 3 N–H and O–H groups in total. The van der Waals surface area contributed by atoms with Gasteiger partial charge in [-0.25, -0.2) is 4.99 Å². The number of aliphatic imine (C=N–C) groups is 1. The summed E-state index contributed by atoms with van der Waals surface area (Å²) in [4.78, 5) is 3.91. The first-order chi connectivity index (χ1) is 5.21. The predicted molar refractivity (Wildman–Crippen MR) is 44.0 cm³/mol. The Bertz CT molecular complexity index is 237. The number of hydrogen-bond acceptors (Lipinski definition) is 4. The molecule has 2 heterocycles. The molecule has 0 aromatic heterocycles. The largest absolute Gasteiger partial charge is 0.368 e. The highest BCUT2D eigenvalue weighted by molar-refractivity contribution is 6.26. The molecule has 2 aliphatic rings. The van der Waals surface area contributed by atoms with Crippen molar-refractivity contribution in [3.8, 4) is 0 Å². The number of hydrogen-bond donors (Lipinski definition) is 3. The number of rotatable bonds is 0. The molecule has 0 spiro atoms. The lowest BCUT2D eigenvalue weighted by molar-refractivity contribution is 0.502. The Labute approximate surface area is 69.7 Å². The van der Waals surface area contributed by atoms with Crippen LogP contribution in [0.2, 0.25) is 0 Å². The van der Waals surface area contributed by atoms with Crippen LogP contribution in [0.4, 0.5) is 0 Å². The molecule has 0 aliphatic carbocycles. The van der Waals surface area contributed by atoms with Gasteiger partial charge in [0.05, 0.1) is 24.4 Å². The second-order valence-corrected chi connectivity index (χ2v) is 3.20. The van der Waals surface area contributed by atoms with Gasteiger partial charge in [-0.1, -0.05) is 11.6 Å². The van der Waals surface area contributed by atoms with Gasteiger partial charge in [0.1, 0.15) is 0 Å². The fourth-order valence-electron chi connectivity index (χ4n) is 1.23. The second kappa shape index (κ2) is 2.12. The van der Waals surface area contributed by atoms with Crippen LogP contribution in [0, 0.1) is 0 Å². The molecule has 60 valence electrons. The Morgan fingerprint density at radius 3 is 3.27 bits per heavy atom. The summed E-state index contributed by atoms with van der Waals surface area (Å²) in [6.45, 7) is 1.99. The van der Waals surface area contributed by atoms with E-state index in [1.54, 1.807) is 12.5 Å². The summed E-state index contributed by atoms with van der Waals surface area (Å²) in [7, 11) is 0. The van der Waals surface area contributed by atoms with Crippen LogP contribution in [0.5, 0.6) is 0 Å². The van der Waals surface area contributed by atoms with Crippen molar-refractivity contribution < 1.29 is 0 Å². The average molecular weight is 173 g/mol. The van der Waals surface area contributed by atoms with E-state index in [-0.39, 0.29) is 6.17 Å². The minimum absolute atomic E-state index is 0.174. The van der Waals surface area contributed by atoms with Crippen molar-refractivity contribution in [2.75, 3.05) is 0 Å². The minimum Gasteiger partial charge on any atom is -0.368 e. The fraction of sp³-hybridized carbons (Fsp3) is 0.500. The van der Waals surface area contributed by atoms with E-state index in [1.165, 1.54) is 0 Å². The van der Waals surface area contributed by atoms with Crippen molar-refractivity contribution in [2.45, 2.75) is 18.2 Å². The van der Waals surface area contributed by atoms with Crippen molar-refractivity contribution in [1.82, 2.24) is 16.0 Å². The van der Waals surface area contributed by atoms with Crippen LogP contribution in [0.25, 0.3) is 0 Å². The predicted octanol–water partition coefficient (Wildman–Crippen LogP) is -0.109. The second-order valence-electron chi connectivity index (χ2n) is 2.63. The van der Waals surface area contributed by atoms with E-state index >= 15 is 0 Å². The van der Waals surface area contributed by atoms with E-state index in [0.29, 0.717) is 0 Å². The highest BCUT2D eigenvalue weighted by atomic mass is 35.5. The normalized spacial score (nSPS) is 40.5. The molecule has 1 unspecified atom stereocenters. The van der Waals surface area contributed by atoms with E-state index in [1.807, 2.05) is 6.92 Å². The molecule has 2 atom stereocenters. The van der Waals surface area contributed by atoms with Crippen LogP contribution in [0.3, 0.4) is 0 Å². The van der Waals surface area contributed by atoms with Crippen LogP contribution in [0.15, 0.2) is 16.9 Å². The highest BCUT2D eigenvalue weighted by Crippen LogP contribution is 2.24. The molecular formula is C6H9ClN4. The summed E-state index contributed by atoms with van der Waals surface area (Å²) in [6.07, 6.45) is 3.46. The van der Waals surface area contributed by atoms with E-state index in [0.717, 1.165) is 5.70 Å². The highest BCUT2D eigenvalue weighted by Gasteiger charge is 2.40. The third kappa shape index (κ3) is 0.985. The minimum atomic E-state index is -0.666. The van der Waals surface area contributed by atoms with Gasteiger partial charge in [0.2, 0.25) is 5.12 Å². The molecule has 11 heavy (non-hydrogen) atoms. The van der Waals surface area contributed by atoms with Gasteiger partial charge in [-0.2, -0.15) is 0 Å². The van der Waals surface area contributed by atoms with Crippen molar-refractivity contribution in [2.24, 2.45) is 4.99 Å². The molecule has 1 saturated heterocycles. The standard InChI is InChI=1S/C6H9ClN4/c1-4-10-5-2-8-3-9-6(5,7)11-4/h2-4,10-11H,1H3,(H,8,9)/t4-,6?/m1/s1. The van der Waals surface area contributed by atoms with Crippen molar-refractivity contribution in [3.05, 3.63) is 11.9 Å². The first kappa shape index (κ1) is 6.94. The van der Waals surface area contributed by atoms with Crippen LogP contribution in [-0.2, 0) is 0 Å². The number of halogens is 1. The van der Waals surface area contributed by atoms with Crippen LogP contribution in [-0.4, -0.2) is 17.6 Å². The van der Waals surface area contributed by atoms with Crippen molar-refractivity contribution in [3.63, 3.8) is 0 Å². The smallest absolute Gasteiger partial charge is 0.211 e. The summed E-state index contributed by atoms with van der Waals surface area (Å²) in [6, 6.07) is 0. The number of nitrogens with zero attached hydrogens (tertiary/aromatic N) is 1. The number of alkyl halides is 1. The number of nitrogens with one attached hydrogen (secondary N) is 3. The molecular weight excluding hydrogens is 164 g/mol. The molecule has 2 rings (SSSR count). The molecule has 0 aromatic carbocycles. The Kier molecular flexibility index (Phi) is 1.34. The maximum absolute atomic E-state index is 6.12. The van der Waals surface area contributed by atoms with Crippen LogP contribution in [0.1, 0.15) is 6.92 Å².